The molecule has 0 fully saturated rings. The Labute approximate surface area is 133 Å². The molecule has 2 rings (SSSR count). The molecule has 112 valence electrons. The Morgan fingerprint density at radius 3 is 2.48 bits per heavy atom. The fraction of sp³-hybridized carbons (Fsp3) is 0.294. The van der Waals surface area contributed by atoms with Gasteiger partial charge in [-0.3, -0.25) is 5.84 Å². The highest BCUT2D eigenvalue weighted by Crippen LogP contribution is 2.26. The van der Waals surface area contributed by atoms with E-state index in [0.29, 0.717) is 10.4 Å². The molecule has 0 aliphatic rings. The second-order valence-corrected chi connectivity index (χ2v) is 6.47. The number of nitrogens with two attached hydrogens (primary N) is 1. The average molecular weight is 351 g/mol. The minimum absolute atomic E-state index is 0.158. The number of hydrogen-bond donors (Lipinski definition) is 2. The summed E-state index contributed by atoms with van der Waals surface area (Å²) in [6.45, 7) is 4.39. The maximum absolute atomic E-state index is 13.4. The summed E-state index contributed by atoms with van der Waals surface area (Å²) in [5, 5.41) is 0. The van der Waals surface area contributed by atoms with Crippen LogP contribution in [0.4, 0.5) is 4.39 Å². The molecule has 0 saturated carbocycles. The zero-order valence-electron chi connectivity index (χ0n) is 12.2. The number of halogens is 2. The Balaban J connectivity index is 2.34. The van der Waals surface area contributed by atoms with Crippen molar-refractivity contribution in [3.8, 4) is 0 Å². The molecule has 0 spiro atoms. The van der Waals surface area contributed by atoms with E-state index in [9.17, 15) is 4.39 Å². The van der Waals surface area contributed by atoms with Crippen molar-refractivity contribution in [3.05, 3.63) is 69.4 Å². The zero-order valence-corrected chi connectivity index (χ0v) is 13.8. The van der Waals surface area contributed by atoms with Gasteiger partial charge in [0.25, 0.3) is 0 Å². The Hall–Kier alpha value is -1.23. The van der Waals surface area contributed by atoms with Crippen molar-refractivity contribution in [2.24, 2.45) is 11.8 Å². The first kappa shape index (κ1) is 16.1. The van der Waals surface area contributed by atoms with Gasteiger partial charge in [-0.05, 0) is 57.1 Å². The Morgan fingerprint density at radius 2 is 1.86 bits per heavy atom. The Kier molecular flexibility index (Phi) is 5.51. The van der Waals surface area contributed by atoms with Crippen LogP contribution < -0.4 is 11.3 Å². The summed E-state index contributed by atoms with van der Waals surface area (Å²) in [6, 6.07) is 13.1. The van der Waals surface area contributed by atoms with Gasteiger partial charge in [-0.15, -0.1) is 0 Å². The van der Waals surface area contributed by atoms with Crippen molar-refractivity contribution < 1.29 is 4.39 Å². The average Bonchev–Trinajstić information content (AvgIpc) is 2.43. The minimum atomic E-state index is -0.275. The Morgan fingerprint density at radius 1 is 1.14 bits per heavy atom. The topological polar surface area (TPSA) is 38.0 Å². The predicted molar refractivity (Wildman–Crippen MR) is 88.3 cm³/mol. The van der Waals surface area contributed by atoms with Crippen LogP contribution in [0.15, 0.2) is 46.9 Å². The highest BCUT2D eigenvalue weighted by molar-refractivity contribution is 9.10. The molecule has 0 radical (unpaired) electrons. The second kappa shape index (κ2) is 7.16. The molecule has 21 heavy (non-hydrogen) atoms. The van der Waals surface area contributed by atoms with E-state index in [2.05, 4.69) is 47.3 Å². The van der Waals surface area contributed by atoms with Gasteiger partial charge in [-0.2, -0.15) is 0 Å². The zero-order chi connectivity index (χ0) is 15.4. The van der Waals surface area contributed by atoms with Crippen LogP contribution in [0, 0.1) is 11.7 Å². The molecule has 1 unspecified atom stereocenters. The summed E-state index contributed by atoms with van der Waals surface area (Å²) in [4.78, 5) is 0. The lowest BCUT2D eigenvalue weighted by molar-refractivity contribution is 0.608. The first-order valence-corrected chi connectivity index (χ1v) is 7.80. The fourth-order valence-electron chi connectivity index (χ4n) is 2.45. The van der Waals surface area contributed by atoms with E-state index >= 15 is 0 Å². The van der Waals surface area contributed by atoms with Gasteiger partial charge < -0.3 is 0 Å². The van der Waals surface area contributed by atoms with Crippen LogP contribution in [-0.4, -0.2) is 0 Å². The lowest BCUT2D eigenvalue weighted by Gasteiger charge is -2.18. The van der Waals surface area contributed by atoms with Crippen molar-refractivity contribution in [2.75, 3.05) is 0 Å². The number of rotatable bonds is 5. The van der Waals surface area contributed by atoms with E-state index in [1.54, 1.807) is 12.1 Å². The molecule has 0 heterocycles. The second-order valence-electron chi connectivity index (χ2n) is 5.62. The normalized spacial score (nSPS) is 12.7. The highest BCUT2D eigenvalue weighted by atomic mass is 79.9. The summed E-state index contributed by atoms with van der Waals surface area (Å²) in [6.07, 6.45) is 1.03. The maximum Gasteiger partial charge on any atom is 0.137 e. The van der Waals surface area contributed by atoms with Crippen molar-refractivity contribution in [2.45, 2.75) is 26.3 Å². The van der Waals surface area contributed by atoms with E-state index < -0.39 is 0 Å². The quantitative estimate of drug-likeness (QED) is 0.621. The largest absolute Gasteiger partial charge is 0.271 e. The molecule has 0 aliphatic heterocycles. The SMILES string of the molecule is CC(C)Cc1cccc(C(NN)c2ccc(F)c(Br)c2)c1. The summed E-state index contributed by atoms with van der Waals surface area (Å²) < 4.78 is 13.8. The highest BCUT2D eigenvalue weighted by Gasteiger charge is 2.14. The Bertz CT molecular complexity index is 613. The van der Waals surface area contributed by atoms with Crippen LogP contribution in [0.25, 0.3) is 0 Å². The van der Waals surface area contributed by atoms with Gasteiger partial charge in [-0.25, -0.2) is 9.82 Å². The lowest BCUT2D eigenvalue weighted by atomic mass is 9.95. The fourth-order valence-corrected chi connectivity index (χ4v) is 2.84. The minimum Gasteiger partial charge on any atom is -0.271 e. The number of benzene rings is 2. The molecule has 0 bridgehead atoms. The number of nitrogens with one attached hydrogen (secondary N) is 1. The third-order valence-electron chi connectivity index (χ3n) is 3.37. The van der Waals surface area contributed by atoms with Crippen molar-refractivity contribution in [3.63, 3.8) is 0 Å². The van der Waals surface area contributed by atoms with Crippen molar-refractivity contribution in [1.82, 2.24) is 5.43 Å². The van der Waals surface area contributed by atoms with Crippen molar-refractivity contribution >= 4 is 15.9 Å². The van der Waals surface area contributed by atoms with Gasteiger partial charge in [0.05, 0.1) is 10.5 Å². The van der Waals surface area contributed by atoms with E-state index in [1.165, 1.54) is 11.6 Å². The van der Waals surface area contributed by atoms with Crippen LogP contribution in [-0.2, 0) is 6.42 Å². The number of hydrogen-bond acceptors (Lipinski definition) is 2. The van der Waals surface area contributed by atoms with Gasteiger partial charge in [0.15, 0.2) is 0 Å². The van der Waals surface area contributed by atoms with E-state index in [-0.39, 0.29) is 11.9 Å². The third kappa shape index (κ3) is 4.13. The maximum atomic E-state index is 13.4. The van der Waals surface area contributed by atoms with Crippen molar-refractivity contribution in [1.29, 1.82) is 0 Å². The van der Waals surface area contributed by atoms with Gasteiger partial charge in [0.1, 0.15) is 5.82 Å². The number of hydrazine groups is 1. The molecule has 3 N–H and O–H groups in total. The summed E-state index contributed by atoms with van der Waals surface area (Å²) in [5.41, 5.74) is 6.10. The van der Waals surface area contributed by atoms with E-state index in [4.69, 9.17) is 5.84 Å². The molecule has 2 nitrogen and oxygen atoms in total. The summed E-state index contributed by atoms with van der Waals surface area (Å²) >= 11 is 3.22. The monoisotopic (exact) mass is 350 g/mol. The van der Waals surface area contributed by atoms with Gasteiger partial charge in [-0.1, -0.05) is 44.2 Å². The van der Waals surface area contributed by atoms with Gasteiger partial charge in [0, 0.05) is 0 Å². The summed E-state index contributed by atoms with van der Waals surface area (Å²) in [7, 11) is 0. The van der Waals surface area contributed by atoms with Crippen LogP contribution in [0.3, 0.4) is 0 Å². The predicted octanol–water partition coefficient (Wildman–Crippen LogP) is 4.34. The third-order valence-corrected chi connectivity index (χ3v) is 3.98. The molecule has 4 heteroatoms. The van der Waals surface area contributed by atoms with Gasteiger partial charge >= 0.3 is 0 Å². The van der Waals surface area contributed by atoms with Crippen LogP contribution >= 0.6 is 15.9 Å². The first-order valence-electron chi connectivity index (χ1n) is 7.01. The van der Waals surface area contributed by atoms with Crippen LogP contribution in [0.5, 0.6) is 0 Å². The van der Waals surface area contributed by atoms with E-state index in [1.807, 2.05) is 12.1 Å². The molecule has 0 saturated heterocycles. The lowest BCUT2D eigenvalue weighted by Crippen LogP contribution is -2.29. The first-order chi connectivity index (χ1) is 10.0. The molecule has 0 amide bonds. The standard InChI is InChI=1S/C17H20BrFN2/c1-11(2)8-12-4-3-5-13(9-12)17(21-20)14-6-7-16(19)15(18)10-14/h3-7,9-11,17,21H,8,20H2,1-2H3. The molecule has 1 atom stereocenters. The molecule has 2 aromatic carbocycles. The molecular formula is C17H20BrFN2. The smallest absolute Gasteiger partial charge is 0.137 e. The molecular weight excluding hydrogens is 331 g/mol. The van der Waals surface area contributed by atoms with Crippen LogP contribution in [0.1, 0.15) is 36.6 Å². The molecule has 0 aliphatic carbocycles. The summed E-state index contributed by atoms with van der Waals surface area (Å²) in [5.74, 6) is 6.04. The van der Waals surface area contributed by atoms with Gasteiger partial charge in [0.2, 0.25) is 0 Å². The van der Waals surface area contributed by atoms with Crippen LogP contribution in [0.2, 0.25) is 0 Å². The molecule has 0 aromatic heterocycles. The van der Waals surface area contributed by atoms with E-state index in [0.717, 1.165) is 17.5 Å². The molecule has 2 aromatic rings.